The summed E-state index contributed by atoms with van der Waals surface area (Å²) in [6.07, 6.45) is 0. The van der Waals surface area contributed by atoms with Crippen molar-refractivity contribution in [1.82, 2.24) is 4.90 Å². The molecule has 0 heterocycles. The molecule has 16 heavy (non-hydrogen) atoms. The normalized spacial score (nSPS) is 10.8. The fraction of sp³-hybridized carbons (Fsp3) is 0.500. The molecule has 1 aromatic rings. The minimum atomic E-state index is -0.264. The highest BCUT2D eigenvalue weighted by Gasteiger charge is 2.02. The minimum Gasteiger partial charge on any atom is -0.397 e. The molecule has 0 aliphatic rings. The van der Waals surface area contributed by atoms with E-state index in [2.05, 4.69) is 24.1 Å². The average Bonchev–Trinajstić information content (AvgIpc) is 2.29. The number of hydrogen-bond donors (Lipinski definition) is 2. The Bertz CT molecular complexity index is 324. The van der Waals surface area contributed by atoms with E-state index in [1.54, 1.807) is 6.07 Å². The van der Waals surface area contributed by atoms with Gasteiger partial charge in [0.2, 0.25) is 0 Å². The molecule has 0 fully saturated rings. The summed E-state index contributed by atoms with van der Waals surface area (Å²) in [5.41, 5.74) is 6.99. The molecule has 0 radical (unpaired) electrons. The zero-order valence-electron chi connectivity index (χ0n) is 9.96. The number of halogens is 1. The summed E-state index contributed by atoms with van der Waals surface area (Å²) >= 11 is 0. The first-order chi connectivity index (χ1) is 7.67. The number of hydrogen-bond acceptors (Lipinski definition) is 3. The number of rotatable bonds is 6. The average molecular weight is 225 g/mol. The molecular formula is C12H20FN3. The highest BCUT2D eigenvalue weighted by Crippen LogP contribution is 2.18. The lowest BCUT2D eigenvalue weighted by Gasteiger charge is -2.18. The van der Waals surface area contributed by atoms with Crippen LogP contribution in [0, 0.1) is 5.82 Å². The molecule has 1 aromatic carbocycles. The lowest BCUT2D eigenvalue weighted by Crippen LogP contribution is -2.28. The Morgan fingerprint density at radius 2 is 2.00 bits per heavy atom. The lowest BCUT2D eigenvalue weighted by molar-refractivity contribution is 0.316. The highest BCUT2D eigenvalue weighted by atomic mass is 19.1. The molecule has 0 unspecified atom stereocenters. The predicted molar refractivity (Wildman–Crippen MR) is 67.1 cm³/mol. The van der Waals surface area contributed by atoms with Crippen molar-refractivity contribution in [1.29, 1.82) is 0 Å². The fourth-order valence-corrected chi connectivity index (χ4v) is 1.57. The van der Waals surface area contributed by atoms with E-state index in [4.69, 9.17) is 5.73 Å². The third-order valence-electron chi connectivity index (χ3n) is 2.65. The van der Waals surface area contributed by atoms with E-state index in [9.17, 15) is 4.39 Å². The van der Waals surface area contributed by atoms with Crippen molar-refractivity contribution in [3.63, 3.8) is 0 Å². The van der Waals surface area contributed by atoms with Gasteiger partial charge in [0.1, 0.15) is 5.82 Å². The first kappa shape index (κ1) is 12.8. The molecule has 0 aliphatic heterocycles. The maximum absolute atomic E-state index is 13.0. The first-order valence-corrected chi connectivity index (χ1v) is 5.68. The Labute approximate surface area is 96.4 Å². The number of nitrogen functional groups attached to an aromatic ring is 1. The monoisotopic (exact) mass is 225 g/mol. The minimum absolute atomic E-state index is 0.264. The topological polar surface area (TPSA) is 41.3 Å². The number of benzene rings is 1. The number of nitrogens with two attached hydrogens (primary N) is 1. The van der Waals surface area contributed by atoms with Gasteiger partial charge in [-0.15, -0.1) is 0 Å². The summed E-state index contributed by atoms with van der Waals surface area (Å²) in [6, 6.07) is 4.37. The number of nitrogens with zero attached hydrogens (tertiary/aromatic N) is 1. The molecule has 4 heteroatoms. The molecule has 3 nitrogen and oxygen atoms in total. The lowest BCUT2D eigenvalue weighted by atomic mass is 10.2. The van der Waals surface area contributed by atoms with Crippen molar-refractivity contribution in [2.75, 3.05) is 37.2 Å². The third-order valence-corrected chi connectivity index (χ3v) is 2.65. The van der Waals surface area contributed by atoms with Gasteiger partial charge in [-0.25, -0.2) is 4.39 Å². The summed E-state index contributed by atoms with van der Waals surface area (Å²) in [7, 11) is 0. The van der Waals surface area contributed by atoms with Crippen LogP contribution < -0.4 is 11.1 Å². The van der Waals surface area contributed by atoms with Crippen LogP contribution in [0.3, 0.4) is 0 Å². The van der Waals surface area contributed by atoms with Crippen molar-refractivity contribution in [3.05, 3.63) is 24.0 Å². The Morgan fingerprint density at radius 3 is 2.62 bits per heavy atom. The van der Waals surface area contributed by atoms with Gasteiger partial charge in [-0.2, -0.15) is 0 Å². The van der Waals surface area contributed by atoms with Crippen molar-refractivity contribution in [2.24, 2.45) is 0 Å². The molecule has 0 bridgehead atoms. The smallest absolute Gasteiger partial charge is 0.125 e. The van der Waals surface area contributed by atoms with E-state index in [-0.39, 0.29) is 5.82 Å². The second-order valence-corrected chi connectivity index (χ2v) is 3.69. The molecule has 3 N–H and O–H groups in total. The largest absolute Gasteiger partial charge is 0.397 e. The van der Waals surface area contributed by atoms with E-state index >= 15 is 0 Å². The van der Waals surface area contributed by atoms with E-state index in [0.29, 0.717) is 11.4 Å². The van der Waals surface area contributed by atoms with Crippen LogP contribution in [0.1, 0.15) is 13.8 Å². The summed E-state index contributed by atoms with van der Waals surface area (Å²) in [6.45, 7) is 8.01. The molecule has 0 saturated carbocycles. The van der Waals surface area contributed by atoms with Gasteiger partial charge in [0, 0.05) is 13.1 Å². The van der Waals surface area contributed by atoms with Crippen LogP contribution in [-0.4, -0.2) is 31.1 Å². The van der Waals surface area contributed by atoms with Crippen LogP contribution in [0.25, 0.3) is 0 Å². The van der Waals surface area contributed by atoms with Crippen molar-refractivity contribution >= 4 is 11.4 Å². The molecule has 90 valence electrons. The van der Waals surface area contributed by atoms with E-state index in [1.165, 1.54) is 12.1 Å². The van der Waals surface area contributed by atoms with Crippen LogP contribution >= 0.6 is 0 Å². The molecular weight excluding hydrogens is 205 g/mol. The summed E-state index contributed by atoms with van der Waals surface area (Å²) in [4.78, 5) is 2.29. The quantitative estimate of drug-likeness (QED) is 0.729. The van der Waals surface area contributed by atoms with Gasteiger partial charge in [-0.1, -0.05) is 13.8 Å². The summed E-state index contributed by atoms with van der Waals surface area (Å²) in [5.74, 6) is -0.264. The summed E-state index contributed by atoms with van der Waals surface area (Å²) < 4.78 is 13.0. The van der Waals surface area contributed by atoms with Crippen LogP contribution in [0.15, 0.2) is 18.2 Å². The van der Waals surface area contributed by atoms with Gasteiger partial charge in [0.05, 0.1) is 11.4 Å². The molecule has 0 aromatic heterocycles. The summed E-state index contributed by atoms with van der Waals surface area (Å²) in [5, 5.41) is 3.15. The van der Waals surface area contributed by atoms with Gasteiger partial charge in [0.25, 0.3) is 0 Å². The van der Waals surface area contributed by atoms with Crippen LogP contribution in [0.2, 0.25) is 0 Å². The molecule has 0 spiro atoms. The van der Waals surface area contributed by atoms with Crippen molar-refractivity contribution in [3.8, 4) is 0 Å². The van der Waals surface area contributed by atoms with Gasteiger partial charge in [-0.05, 0) is 31.3 Å². The van der Waals surface area contributed by atoms with Gasteiger partial charge < -0.3 is 16.0 Å². The number of nitrogens with one attached hydrogen (secondary N) is 1. The first-order valence-electron chi connectivity index (χ1n) is 5.68. The standard InChI is InChI=1S/C12H20FN3/c1-3-16(4-2)8-7-15-12-9-10(13)5-6-11(12)14/h5-6,9,15H,3-4,7-8,14H2,1-2H3. The van der Waals surface area contributed by atoms with Crippen LogP contribution in [0.5, 0.6) is 0 Å². The second kappa shape index (κ2) is 6.33. The highest BCUT2D eigenvalue weighted by molar-refractivity contribution is 5.65. The number of likely N-dealkylation sites (N-methyl/N-ethyl adjacent to an activating group) is 1. The zero-order chi connectivity index (χ0) is 12.0. The van der Waals surface area contributed by atoms with Crippen molar-refractivity contribution < 1.29 is 4.39 Å². The van der Waals surface area contributed by atoms with E-state index in [1.807, 2.05) is 0 Å². The van der Waals surface area contributed by atoms with E-state index < -0.39 is 0 Å². The Balaban J connectivity index is 2.45. The molecule has 0 saturated heterocycles. The maximum Gasteiger partial charge on any atom is 0.125 e. The van der Waals surface area contributed by atoms with Gasteiger partial charge in [0.15, 0.2) is 0 Å². The maximum atomic E-state index is 13.0. The van der Waals surface area contributed by atoms with Crippen LogP contribution in [-0.2, 0) is 0 Å². The Hall–Kier alpha value is -1.29. The molecule has 0 atom stereocenters. The Morgan fingerprint density at radius 1 is 1.31 bits per heavy atom. The SMILES string of the molecule is CCN(CC)CCNc1cc(F)ccc1N. The van der Waals surface area contributed by atoms with Gasteiger partial charge in [-0.3, -0.25) is 0 Å². The molecule has 0 amide bonds. The van der Waals surface area contributed by atoms with Gasteiger partial charge >= 0.3 is 0 Å². The predicted octanol–water partition coefficient (Wildman–Crippen LogP) is 2.16. The second-order valence-electron chi connectivity index (χ2n) is 3.69. The van der Waals surface area contributed by atoms with E-state index in [0.717, 1.165) is 26.2 Å². The van der Waals surface area contributed by atoms with Crippen molar-refractivity contribution in [2.45, 2.75) is 13.8 Å². The zero-order valence-corrected chi connectivity index (χ0v) is 9.96. The third kappa shape index (κ3) is 3.70. The molecule has 0 aliphatic carbocycles. The Kier molecular flexibility index (Phi) is 5.05. The molecule has 1 rings (SSSR count). The van der Waals surface area contributed by atoms with Crippen LogP contribution in [0.4, 0.5) is 15.8 Å². The fourth-order valence-electron chi connectivity index (χ4n) is 1.57. The number of anilines is 2.